The van der Waals surface area contributed by atoms with Crippen molar-refractivity contribution >= 4 is 6.09 Å². The van der Waals surface area contributed by atoms with Crippen molar-refractivity contribution in [2.75, 3.05) is 6.54 Å². The number of ether oxygens (including phenoxy) is 2. The van der Waals surface area contributed by atoms with Crippen molar-refractivity contribution in [3.8, 4) is 5.75 Å². The molecule has 0 spiro atoms. The zero-order chi connectivity index (χ0) is 21.8. The van der Waals surface area contributed by atoms with Crippen LogP contribution in [0.15, 0.2) is 48.5 Å². The largest absolute Gasteiger partial charge is 0.488 e. The number of carbonyl (C=O) groups excluding carboxylic acids is 1. The van der Waals surface area contributed by atoms with Gasteiger partial charge in [0.05, 0.1) is 5.56 Å². The Bertz CT molecular complexity index is 866. The molecule has 30 heavy (non-hydrogen) atoms. The monoisotopic (exact) mass is 421 g/mol. The van der Waals surface area contributed by atoms with E-state index in [-0.39, 0.29) is 12.5 Å². The molecule has 3 rings (SSSR count). The first-order valence-corrected chi connectivity index (χ1v) is 9.99. The highest BCUT2D eigenvalue weighted by molar-refractivity contribution is 5.67. The zero-order valence-corrected chi connectivity index (χ0v) is 17.1. The first kappa shape index (κ1) is 22.0. The van der Waals surface area contributed by atoms with Gasteiger partial charge in [0, 0.05) is 6.54 Å². The molecule has 0 aliphatic carbocycles. The minimum absolute atomic E-state index is 0.0631. The molecule has 4 nitrogen and oxygen atoms in total. The molecule has 1 aliphatic heterocycles. The van der Waals surface area contributed by atoms with Crippen LogP contribution in [0.5, 0.6) is 5.75 Å². The summed E-state index contributed by atoms with van der Waals surface area (Å²) in [6.45, 7) is 4.39. The van der Waals surface area contributed by atoms with Gasteiger partial charge in [-0.2, -0.15) is 13.2 Å². The van der Waals surface area contributed by atoms with E-state index >= 15 is 0 Å². The number of fused-ring (bicyclic) bond motifs is 1. The summed E-state index contributed by atoms with van der Waals surface area (Å²) in [6, 6.07) is 13.1. The molecule has 162 valence electrons. The van der Waals surface area contributed by atoms with Crippen LogP contribution < -0.4 is 10.1 Å². The van der Waals surface area contributed by atoms with Gasteiger partial charge in [0.15, 0.2) is 0 Å². The average molecular weight is 421 g/mol. The van der Waals surface area contributed by atoms with Gasteiger partial charge in [-0.15, -0.1) is 0 Å². The molecule has 0 aromatic heterocycles. The van der Waals surface area contributed by atoms with E-state index in [4.69, 9.17) is 9.47 Å². The third-order valence-electron chi connectivity index (χ3n) is 5.12. The lowest BCUT2D eigenvalue weighted by Crippen LogP contribution is -2.35. The number of carbonyl (C=O) groups is 1. The lowest BCUT2D eigenvalue weighted by atomic mass is 9.81. The Hall–Kier alpha value is -2.70. The summed E-state index contributed by atoms with van der Waals surface area (Å²) in [5.41, 5.74) is 0.436. The number of amides is 1. The molecule has 0 bridgehead atoms. The number of alkyl halides is 3. The van der Waals surface area contributed by atoms with Gasteiger partial charge in [0.2, 0.25) is 0 Å². The first-order chi connectivity index (χ1) is 14.1. The quantitative estimate of drug-likeness (QED) is 0.577. The molecular formula is C23H26F3NO3. The number of hydrogen-bond acceptors (Lipinski definition) is 3. The second-order valence-corrected chi connectivity index (χ2v) is 8.14. The maximum atomic E-state index is 13.0. The third-order valence-corrected chi connectivity index (χ3v) is 5.12. The van der Waals surface area contributed by atoms with Crippen LogP contribution in [0.2, 0.25) is 0 Å². The topological polar surface area (TPSA) is 47.6 Å². The van der Waals surface area contributed by atoms with Crippen LogP contribution in [-0.4, -0.2) is 18.2 Å². The van der Waals surface area contributed by atoms with Crippen LogP contribution in [0.25, 0.3) is 0 Å². The summed E-state index contributed by atoms with van der Waals surface area (Å²) in [6.07, 6.45) is -2.78. The Kier molecular flexibility index (Phi) is 6.58. The van der Waals surface area contributed by atoms with E-state index in [1.165, 1.54) is 6.07 Å². The van der Waals surface area contributed by atoms with Gasteiger partial charge < -0.3 is 14.8 Å². The summed E-state index contributed by atoms with van der Waals surface area (Å²) in [7, 11) is 0. The van der Waals surface area contributed by atoms with E-state index in [0.717, 1.165) is 29.7 Å². The van der Waals surface area contributed by atoms with E-state index in [9.17, 15) is 18.0 Å². The van der Waals surface area contributed by atoms with Crippen LogP contribution in [0, 0.1) is 0 Å². The van der Waals surface area contributed by atoms with Crippen LogP contribution >= 0.6 is 0 Å². The minimum atomic E-state index is -4.40. The third kappa shape index (κ3) is 5.90. The molecule has 0 saturated heterocycles. The molecule has 2 aromatic rings. The normalized spacial score (nSPS) is 17.6. The van der Waals surface area contributed by atoms with Crippen LogP contribution in [0.4, 0.5) is 18.0 Å². The molecule has 1 atom stereocenters. The Morgan fingerprint density at radius 3 is 2.63 bits per heavy atom. The minimum Gasteiger partial charge on any atom is -0.488 e. The number of benzene rings is 2. The van der Waals surface area contributed by atoms with Crippen molar-refractivity contribution in [1.29, 1.82) is 0 Å². The summed E-state index contributed by atoms with van der Waals surface area (Å²) in [5, 5.41) is 2.73. The number of nitrogens with one attached hydrogen (secondary N) is 1. The summed E-state index contributed by atoms with van der Waals surface area (Å²) in [5.74, 6) is 0.356. The number of rotatable bonds is 6. The average Bonchev–Trinajstić information content (AvgIpc) is 2.68. The summed E-state index contributed by atoms with van der Waals surface area (Å²) in [4.78, 5) is 11.8. The van der Waals surface area contributed by atoms with Crippen molar-refractivity contribution in [2.24, 2.45) is 0 Å². The summed E-state index contributed by atoms with van der Waals surface area (Å²) >= 11 is 0. The predicted octanol–water partition coefficient (Wildman–Crippen LogP) is 6.06. The molecule has 2 aromatic carbocycles. The van der Waals surface area contributed by atoms with Gasteiger partial charge in [-0.25, -0.2) is 4.79 Å². The van der Waals surface area contributed by atoms with Gasteiger partial charge in [-0.1, -0.05) is 36.4 Å². The zero-order valence-electron chi connectivity index (χ0n) is 17.1. The Morgan fingerprint density at radius 1 is 1.20 bits per heavy atom. The van der Waals surface area contributed by atoms with Crippen molar-refractivity contribution in [2.45, 2.75) is 57.4 Å². The Labute approximate surface area is 174 Å². The van der Waals surface area contributed by atoms with Crippen molar-refractivity contribution < 1.29 is 27.4 Å². The SMILES string of the molecule is CC1(C)CC(CCCNC(=O)OCc2ccccc2)c2ccc(C(F)(F)F)cc2O1. The smallest absolute Gasteiger partial charge is 0.416 e. The van der Waals surface area contributed by atoms with Crippen molar-refractivity contribution in [3.05, 3.63) is 65.2 Å². The maximum Gasteiger partial charge on any atom is 0.416 e. The fraction of sp³-hybridized carbons (Fsp3) is 0.435. The number of alkyl carbamates (subject to hydrolysis) is 1. The number of hydrogen-bond donors (Lipinski definition) is 1. The van der Waals surface area contributed by atoms with E-state index in [2.05, 4.69) is 5.32 Å². The van der Waals surface area contributed by atoms with Gasteiger partial charge >= 0.3 is 12.3 Å². The fourth-order valence-corrected chi connectivity index (χ4v) is 3.75. The molecule has 0 fully saturated rings. The first-order valence-electron chi connectivity index (χ1n) is 9.99. The molecule has 1 heterocycles. The lowest BCUT2D eigenvalue weighted by Gasteiger charge is -2.38. The standard InChI is InChI=1S/C23H26F3NO3/c1-22(2)14-17(19-11-10-18(23(24,25)26)13-20(19)30-22)9-6-12-27-21(28)29-15-16-7-4-3-5-8-16/h3-5,7-8,10-11,13,17H,6,9,12,14-15H2,1-2H3,(H,27,28). The van der Waals surface area contributed by atoms with Gasteiger partial charge in [-0.3, -0.25) is 0 Å². The fourth-order valence-electron chi connectivity index (χ4n) is 3.75. The lowest BCUT2D eigenvalue weighted by molar-refractivity contribution is -0.137. The van der Waals surface area contributed by atoms with Crippen LogP contribution in [-0.2, 0) is 17.5 Å². The molecule has 1 N–H and O–H groups in total. The highest BCUT2D eigenvalue weighted by Crippen LogP contribution is 2.45. The van der Waals surface area contributed by atoms with Gasteiger partial charge in [0.1, 0.15) is 18.0 Å². The van der Waals surface area contributed by atoms with Gasteiger partial charge in [0.25, 0.3) is 0 Å². The molecule has 1 aliphatic rings. The second-order valence-electron chi connectivity index (χ2n) is 8.14. The molecule has 0 radical (unpaired) electrons. The predicted molar refractivity (Wildman–Crippen MR) is 107 cm³/mol. The highest BCUT2D eigenvalue weighted by Gasteiger charge is 2.37. The van der Waals surface area contributed by atoms with E-state index < -0.39 is 23.4 Å². The van der Waals surface area contributed by atoms with E-state index in [1.807, 2.05) is 44.2 Å². The molecule has 1 unspecified atom stereocenters. The molecule has 1 amide bonds. The highest BCUT2D eigenvalue weighted by atomic mass is 19.4. The van der Waals surface area contributed by atoms with E-state index in [1.54, 1.807) is 0 Å². The van der Waals surface area contributed by atoms with Crippen LogP contribution in [0.1, 0.15) is 55.7 Å². The van der Waals surface area contributed by atoms with Crippen LogP contribution in [0.3, 0.4) is 0 Å². The second kappa shape index (κ2) is 8.98. The summed E-state index contributed by atoms with van der Waals surface area (Å²) < 4.78 is 50.1. The molecule has 0 saturated carbocycles. The van der Waals surface area contributed by atoms with E-state index in [0.29, 0.717) is 25.1 Å². The van der Waals surface area contributed by atoms with Gasteiger partial charge in [-0.05, 0) is 62.3 Å². The Morgan fingerprint density at radius 2 is 1.93 bits per heavy atom. The molecular weight excluding hydrogens is 395 g/mol. The number of halogens is 3. The van der Waals surface area contributed by atoms with Crippen molar-refractivity contribution in [1.82, 2.24) is 5.32 Å². The Balaban J connectivity index is 1.52. The van der Waals surface area contributed by atoms with Crippen molar-refractivity contribution in [3.63, 3.8) is 0 Å². The maximum absolute atomic E-state index is 13.0. The molecule has 7 heteroatoms.